The van der Waals surface area contributed by atoms with E-state index < -0.39 is 0 Å². The Morgan fingerprint density at radius 2 is 1.87 bits per heavy atom. The minimum atomic E-state index is -0.0494. The summed E-state index contributed by atoms with van der Waals surface area (Å²) in [6.45, 7) is 4.36. The molecule has 2 heteroatoms. The molecular weight excluding hydrogens is 186 g/mol. The molecule has 1 aliphatic rings. The van der Waals surface area contributed by atoms with Gasteiger partial charge in [0.2, 0.25) is 0 Å². The molecule has 0 spiro atoms. The topological polar surface area (TPSA) is 21.3 Å². The predicted molar refractivity (Wildman–Crippen MR) is 65.1 cm³/mol. The Bertz CT molecular complexity index is 173. The first-order chi connectivity index (χ1) is 7.10. The van der Waals surface area contributed by atoms with Crippen molar-refractivity contribution in [1.29, 1.82) is 0 Å². The minimum Gasteiger partial charge on any atom is -0.377 e. The fourth-order valence-electron chi connectivity index (χ4n) is 2.65. The van der Waals surface area contributed by atoms with E-state index in [1.165, 1.54) is 38.5 Å². The molecule has 1 saturated carbocycles. The number of likely N-dealkylation sites (N-methyl/N-ethyl adjacent to an activating group) is 1. The second-order valence-electron chi connectivity index (χ2n) is 5.39. The molecule has 0 aromatic heterocycles. The maximum Gasteiger partial charge on any atom is 0.0775 e. The van der Waals surface area contributed by atoms with Gasteiger partial charge in [-0.15, -0.1) is 0 Å². The maximum atomic E-state index is 5.57. The Balaban J connectivity index is 2.44. The normalized spacial score (nSPS) is 21.6. The molecule has 0 radical (unpaired) electrons. The second-order valence-corrected chi connectivity index (χ2v) is 5.39. The van der Waals surface area contributed by atoms with Crippen molar-refractivity contribution in [2.75, 3.05) is 14.2 Å². The fourth-order valence-corrected chi connectivity index (χ4v) is 2.65. The Labute approximate surface area is 94.8 Å². The van der Waals surface area contributed by atoms with E-state index >= 15 is 0 Å². The highest BCUT2D eigenvalue weighted by Crippen LogP contribution is 2.30. The van der Waals surface area contributed by atoms with Crippen LogP contribution in [0.2, 0.25) is 0 Å². The highest BCUT2D eigenvalue weighted by molar-refractivity contribution is 4.86. The molecule has 1 N–H and O–H groups in total. The summed E-state index contributed by atoms with van der Waals surface area (Å²) in [5, 5.41) is 3.42. The molecule has 0 saturated heterocycles. The van der Waals surface area contributed by atoms with Crippen molar-refractivity contribution in [3.63, 3.8) is 0 Å². The molecule has 0 aromatic rings. The van der Waals surface area contributed by atoms with E-state index in [1.54, 1.807) is 0 Å². The highest BCUT2D eigenvalue weighted by Gasteiger charge is 2.30. The van der Waals surface area contributed by atoms with Crippen LogP contribution in [0.15, 0.2) is 0 Å². The van der Waals surface area contributed by atoms with Gasteiger partial charge >= 0.3 is 0 Å². The molecule has 1 rings (SSSR count). The second kappa shape index (κ2) is 5.86. The van der Waals surface area contributed by atoms with E-state index in [2.05, 4.69) is 19.2 Å². The molecule has 2 nitrogen and oxygen atoms in total. The zero-order chi connectivity index (χ0) is 11.3. The van der Waals surface area contributed by atoms with Crippen LogP contribution in [0.5, 0.6) is 0 Å². The van der Waals surface area contributed by atoms with Crippen molar-refractivity contribution in [3.8, 4) is 0 Å². The molecule has 0 bridgehead atoms. The van der Waals surface area contributed by atoms with Crippen LogP contribution in [0.1, 0.15) is 52.4 Å². The lowest BCUT2D eigenvalue weighted by Gasteiger charge is -2.36. The predicted octanol–water partition coefficient (Wildman–Crippen LogP) is 2.97. The minimum absolute atomic E-state index is 0.0494. The van der Waals surface area contributed by atoms with Crippen LogP contribution in [-0.2, 0) is 4.74 Å². The summed E-state index contributed by atoms with van der Waals surface area (Å²) in [7, 11) is 3.86. The average Bonchev–Trinajstić information content (AvgIpc) is 2.27. The maximum absolute atomic E-state index is 5.57. The highest BCUT2D eigenvalue weighted by atomic mass is 16.5. The van der Waals surface area contributed by atoms with Gasteiger partial charge in [0, 0.05) is 13.2 Å². The Hall–Kier alpha value is -0.0800. The molecule has 1 aliphatic carbocycles. The van der Waals surface area contributed by atoms with Gasteiger partial charge < -0.3 is 10.1 Å². The van der Waals surface area contributed by atoms with E-state index in [0.29, 0.717) is 6.04 Å². The number of hydrogen-bond acceptors (Lipinski definition) is 2. The largest absolute Gasteiger partial charge is 0.377 e. The van der Waals surface area contributed by atoms with Gasteiger partial charge in [0.25, 0.3) is 0 Å². The van der Waals surface area contributed by atoms with Crippen molar-refractivity contribution in [3.05, 3.63) is 0 Å². The van der Waals surface area contributed by atoms with Crippen LogP contribution in [0.3, 0.4) is 0 Å². The Morgan fingerprint density at radius 3 is 2.33 bits per heavy atom. The summed E-state index contributed by atoms with van der Waals surface area (Å²) in [5.41, 5.74) is -0.0494. The smallest absolute Gasteiger partial charge is 0.0775 e. The van der Waals surface area contributed by atoms with Gasteiger partial charge in [-0.25, -0.2) is 0 Å². The zero-order valence-corrected chi connectivity index (χ0v) is 10.8. The van der Waals surface area contributed by atoms with Gasteiger partial charge in [-0.2, -0.15) is 0 Å². The van der Waals surface area contributed by atoms with Gasteiger partial charge in [-0.3, -0.25) is 0 Å². The monoisotopic (exact) mass is 213 g/mol. The summed E-state index contributed by atoms with van der Waals surface area (Å²) < 4.78 is 5.57. The van der Waals surface area contributed by atoms with E-state index in [-0.39, 0.29) is 5.60 Å². The quantitative estimate of drug-likeness (QED) is 0.758. The van der Waals surface area contributed by atoms with Gasteiger partial charge in [0.05, 0.1) is 5.60 Å². The van der Waals surface area contributed by atoms with Crippen molar-refractivity contribution < 1.29 is 4.74 Å². The molecule has 1 atom stereocenters. The van der Waals surface area contributed by atoms with Crippen LogP contribution >= 0.6 is 0 Å². The van der Waals surface area contributed by atoms with Crippen LogP contribution in [0, 0.1) is 5.92 Å². The third-order valence-corrected chi connectivity index (χ3v) is 4.01. The standard InChI is InChI=1S/C13H27NO/c1-13(2,15-4)12(14-3)10-11-8-6-5-7-9-11/h11-12,14H,5-10H2,1-4H3. The number of methoxy groups -OCH3 is 1. The third kappa shape index (κ3) is 3.76. The molecule has 0 aliphatic heterocycles. The molecule has 0 aromatic carbocycles. The molecule has 0 heterocycles. The van der Waals surface area contributed by atoms with Gasteiger partial charge in [-0.05, 0) is 33.2 Å². The van der Waals surface area contributed by atoms with Crippen molar-refractivity contribution >= 4 is 0 Å². The number of ether oxygens (including phenoxy) is 1. The zero-order valence-electron chi connectivity index (χ0n) is 10.8. The summed E-state index contributed by atoms with van der Waals surface area (Å²) in [5.74, 6) is 0.908. The SMILES string of the molecule is CNC(CC1CCCCC1)C(C)(C)OC. The number of rotatable bonds is 5. The summed E-state index contributed by atoms with van der Waals surface area (Å²) in [6, 6.07) is 0.477. The van der Waals surface area contributed by atoms with Crippen molar-refractivity contribution in [2.45, 2.75) is 64.0 Å². The lowest BCUT2D eigenvalue weighted by atomic mass is 9.81. The Morgan fingerprint density at radius 1 is 1.27 bits per heavy atom. The average molecular weight is 213 g/mol. The summed E-state index contributed by atoms with van der Waals surface area (Å²) in [4.78, 5) is 0. The van der Waals surface area contributed by atoms with E-state index in [4.69, 9.17) is 4.74 Å². The lowest BCUT2D eigenvalue weighted by Crippen LogP contribution is -2.47. The third-order valence-electron chi connectivity index (χ3n) is 4.01. The first-order valence-electron chi connectivity index (χ1n) is 6.32. The van der Waals surface area contributed by atoms with Crippen LogP contribution in [0.4, 0.5) is 0 Å². The van der Waals surface area contributed by atoms with Crippen LogP contribution in [0.25, 0.3) is 0 Å². The van der Waals surface area contributed by atoms with E-state index in [1.807, 2.05) is 14.2 Å². The molecule has 90 valence electrons. The van der Waals surface area contributed by atoms with E-state index in [0.717, 1.165) is 5.92 Å². The molecular formula is C13H27NO. The summed E-state index contributed by atoms with van der Waals surface area (Å²) >= 11 is 0. The van der Waals surface area contributed by atoms with Crippen LogP contribution in [-0.4, -0.2) is 25.8 Å². The fraction of sp³-hybridized carbons (Fsp3) is 1.00. The molecule has 1 fully saturated rings. The number of hydrogen-bond donors (Lipinski definition) is 1. The van der Waals surface area contributed by atoms with Gasteiger partial charge in [0.1, 0.15) is 0 Å². The first kappa shape index (κ1) is 13.0. The van der Waals surface area contributed by atoms with Crippen LogP contribution < -0.4 is 5.32 Å². The molecule has 15 heavy (non-hydrogen) atoms. The summed E-state index contributed by atoms with van der Waals surface area (Å²) in [6.07, 6.45) is 8.38. The first-order valence-corrected chi connectivity index (χ1v) is 6.32. The van der Waals surface area contributed by atoms with Crippen molar-refractivity contribution in [2.24, 2.45) is 5.92 Å². The lowest BCUT2D eigenvalue weighted by molar-refractivity contribution is -0.0161. The molecule has 1 unspecified atom stereocenters. The van der Waals surface area contributed by atoms with E-state index in [9.17, 15) is 0 Å². The number of nitrogens with one attached hydrogen (secondary N) is 1. The Kier molecular flexibility index (Phi) is 5.07. The van der Waals surface area contributed by atoms with Crippen molar-refractivity contribution in [1.82, 2.24) is 5.32 Å². The van der Waals surface area contributed by atoms with Gasteiger partial charge in [-0.1, -0.05) is 32.1 Å². The molecule has 0 amide bonds. The van der Waals surface area contributed by atoms with Gasteiger partial charge in [0.15, 0.2) is 0 Å².